The van der Waals surface area contributed by atoms with Crippen LogP contribution in [0.2, 0.25) is 0 Å². The Morgan fingerprint density at radius 2 is 2.30 bits per heavy atom. The molecule has 1 amide bonds. The van der Waals surface area contributed by atoms with E-state index in [1.807, 2.05) is 18.2 Å². The standard InChI is InChI=1S/C14H16BrNO4/c1-8(2-5-13(17)18)16-14(19)11-7-20-12-4-3-9(15)6-10(11)12/h3-4,6,8,11H,2,5,7H2,1H3,(H,16,19)(H,17,18). The third-order valence-electron chi connectivity index (χ3n) is 3.25. The molecule has 0 radical (unpaired) electrons. The maximum absolute atomic E-state index is 12.2. The molecule has 1 aromatic carbocycles. The van der Waals surface area contributed by atoms with E-state index in [4.69, 9.17) is 9.84 Å². The van der Waals surface area contributed by atoms with E-state index >= 15 is 0 Å². The molecule has 1 aliphatic rings. The van der Waals surface area contributed by atoms with E-state index in [0.29, 0.717) is 13.0 Å². The van der Waals surface area contributed by atoms with Gasteiger partial charge in [0.25, 0.3) is 0 Å². The van der Waals surface area contributed by atoms with Crippen molar-refractivity contribution in [2.45, 2.75) is 31.7 Å². The molecule has 2 unspecified atom stereocenters. The molecule has 2 N–H and O–H groups in total. The summed E-state index contributed by atoms with van der Waals surface area (Å²) in [6.07, 6.45) is 0.463. The van der Waals surface area contributed by atoms with E-state index in [9.17, 15) is 9.59 Å². The SMILES string of the molecule is CC(CCC(=O)O)NC(=O)C1COc2ccc(Br)cc21. The molecule has 0 fully saturated rings. The number of rotatable bonds is 5. The Bertz CT molecular complexity index is 532. The first-order chi connectivity index (χ1) is 9.47. The topological polar surface area (TPSA) is 75.6 Å². The minimum atomic E-state index is -0.857. The lowest BCUT2D eigenvalue weighted by Gasteiger charge is -2.16. The molecule has 0 aromatic heterocycles. The minimum Gasteiger partial charge on any atom is -0.492 e. The van der Waals surface area contributed by atoms with Gasteiger partial charge in [0.1, 0.15) is 18.3 Å². The zero-order valence-electron chi connectivity index (χ0n) is 11.1. The van der Waals surface area contributed by atoms with Gasteiger partial charge in [0.05, 0.1) is 0 Å². The minimum absolute atomic E-state index is 0.0464. The first kappa shape index (κ1) is 14.8. The van der Waals surface area contributed by atoms with Gasteiger partial charge in [-0.15, -0.1) is 0 Å². The van der Waals surface area contributed by atoms with E-state index in [1.54, 1.807) is 6.92 Å². The molecule has 108 valence electrons. The highest BCUT2D eigenvalue weighted by molar-refractivity contribution is 9.10. The van der Waals surface area contributed by atoms with Crippen LogP contribution in [0.15, 0.2) is 22.7 Å². The number of carbonyl (C=O) groups is 2. The highest BCUT2D eigenvalue weighted by atomic mass is 79.9. The lowest BCUT2D eigenvalue weighted by atomic mass is 10.00. The third-order valence-corrected chi connectivity index (χ3v) is 3.74. The number of nitrogens with one attached hydrogen (secondary N) is 1. The smallest absolute Gasteiger partial charge is 0.303 e. The third kappa shape index (κ3) is 3.50. The van der Waals surface area contributed by atoms with Gasteiger partial charge in [0.15, 0.2) is 0 Å². The van der Waals surface area contributed by atoms with Crippen molar-refractivity contribution in [1.82, 2.24) is 5.32 Å². The second kappa shape index (κ2) is 6.26. The maximum Gasteiger partial charge on any atom is 0.303 e. The van der Waals surface area contributed by atoms with Crippen LogP contribution < -0.4 is 10.1 Å². The summed E-state index contributed by atoms with van der Waals surface area (Å²) < 4.78 is 6.39. The van der Waals surface area contributed by atoms with Crippen LogP contribution in [0.3, 0.4) is 0 Å². The molecule has 1 aromatic rings. The second-order valence-electron chi connectivity index (χ2n) is 4.89. The molecule has 5 nitrogen and oxygen atoms in total. The average molecular weight is 342 g/mol. The fourth-order valence-corrected chi connectivity index (χ4v) is 2.54. The number of benzene rings is 1. The number of halogens is 1. The molecule has 20 heavy (non-hydrogen) atoms. The first-order valence-corrected chi connectivity index (χ1v) is 7.21. The van der Waals surface area contributed by atoms with E-state index in [2.05, 4.69) is 21.2 Å². The van der Waals surface area contributed by atoms with Gasteiger partial charge >= 0.3 is 5.97 Å². The van der Waals surface area contributed by atoms with Crippen molar-refractivity contribution in [3.8, 4) is 5.75 Å². The van der Waals surface area contributed by atoms with Crippen LogP contribution >= 0.6 is 15.9 Å². The van der Waals surface area contributed by atoms with E-state index in [0.717, 1.165) is 15.8 Å². The van der Waals surface area contributed by atoms with Gasteiger partial charge in [-0.1, -0.05) is 15.9 Å². The molecule has 6 heteroatoms. The van der Waals surface area contributed by atoms with Crippen molar-refractivity contribution < 1.29 is 19.4 Å². The van der Waals surface area contributed by atoms with Crippen molar-refractivity contribution in [3.63, 3.8) is 0 Å². The van der Waals surface area contributed by atoms with Gasteiger partial charge in [0.2, 0.25) is 5.91 Å². The van der Waals surface area contributed by atoms with Crippen LogP contribution in [-0.4, -0.2) is 29.6 Å². The molecular formula is C14H16BrNO4. The fraction of sp³-hybridized carbons (Fsp3) is 0.429. The van der Waals surface area contributed by atoms with Gasteiger partial charge in [-0.3, -0.25) is 9.59 Å². The van der Waals surface area contributed by atoms with Crippen molar-refractivity contribution in [2.75, 3.05) is 6.61 Å². The Morgan fingerprint density at radius 3 is 3.00 bits per heavy atom. The summed E-state index contributed by atoms with van der Waals surface area (Å²) in [5, 5.41) is 11.5. The van der Waals surface area contributed by atoms with Crippen LogP contribution in [0.4, 0.5) is 0 Å². The monoisotopic (exact) mass is 341 g/mol. The molecule has 0 saturated carbocycles. The lowest BCUT2D eigenvalue weighted by molar-refractivity contribution is -0.137. The van der Waals surface area contributed by atoms with Crippen molar-refractivity contribution in [1.29, 1.82) is 0 Å². The Morgan fingerprint density at radius 1 is 1.55 bits per heavy atom. The summed E-state index contributed by atoms with van der Waals surface area (Å²) in [7, 11) is 0. The van der Waals surface area contributed by atoms with Gasteiger partial charge < -0.3 is 15.2 Å². The Labute approximate surface area is 125 Å². The Hall–Kier alpha value is -1.56. The summed E-state index contributed by atoms with van der Waals surface area (Å²) in [4.78, 5) is 22.7. The largest absolute Gasteiger partial charge is 0.492 e. The second-order valence-corrected chi connectivity index (χ2v) is 5.80. The Balaban J connectivity index is 1.98. The number of fused-ring (bicyclic) bond motifs is 1. The number of carboxylic acid groups (broad SMARTS) is 1. The fourth-order valence-electron chi connectivity index (χ4n) is 2.16. The normalized spacial score (nSPS) is 18.0. The van der Waals surface area contributed by atoms with Crippen LogP contribution in [0, 0.1) is 0 Å². The maximum atomic E-state index is 12.2. The van der Waals surface area contributed by atoms with Crippen molar-refractivity contribution in [2.24, 2.45) is 0 Å². The molecule has 0 saturated heterocycles. The van der Waals surface area contributed by atoms with Crippen LogP contribution in [0.1, 0.15) is 31.2 Å². The van der Waals surface area contributed by atoms with Crippen molar-refractivity contribution in [3.05, 3.63) is 28.2 Å². The van der Waals surface area contributed by atoms with Gasteiger partial charge in [-0.05, 0) is 31.5 Å². The predicted molar refractivity (Wildman–Crippen MR) is 76.9 cm³/mol. The highest BCUT2D eigenvalue weighted by Gasteiger charge is 2.31. The van der Waals surface area contributed by atoms with E-state index in [1.165, 1.54) is 0 Å². The van der Waals surface area contributed by atoms with Crippen LogP contribution in [0.5, 0.6) is 5.75 Å². The van der Waals surface area contributed by atoms with Crippen LogP contribution in [-0.2, 0) is 9.59 Å². The number of hydrogen-bond acceptors (Lipinski definition) is 3. The number of ether oxygens (including phenoxy) is 1. The number of carboxylic acids is 1. The zero-order valence-corrected chi connectivity index (χ0v) is 12.6. The summed E-state index contributed by atoms with van der Waals surface area (Å²) in [5.74, 6) is -0.592. The molecule has 1 heterocycles. The van der Waals surface area contributed by atoms with Crippen molar-refractivity contribution >= 4 is 27.8 Å². The number of amides is 1. The molecule has 0 bridgehead atoms. The average Bonchev–Trinajstić information content (AvgIpc) is 2.79. The molecule has 2 rings (SSSR count). The quantitative estimate of drug-likeness (QED) is 0.861. The molecule has 1 aliphatic heterocycles. The number of carbonyl (C=O) groups excluding carboxylic acids is 1. The number of aliphatic carboxylic acids is 1. The summed E-state index contributed by atoms with van der Waals surface area (Å²) in [5.41, 5.74) is 0.863. The molecular weight excluding hydrogens is 326 g/mol. The number of hydrogen-bond donors (Lipinski definition) is 2. The Kier molecular flexibility index (Phi) is 4.65. The predicted octanol–water partition coefficient (Wildman–Crippen LogP) is 2.29. The summed E-state index contributed by atoms with van der Waals surface area (Å²) >= 11 is 3.38. The van der Waals surface area contributed by atoms with Crippen LogP contribution in [0.25, 0.3) is 0 Å². The summed E-state index contributed by atoms with van der Waals surface area (Å²) in [6.45, 7) is 2.13. The highest BCUT2D eigenvalue weighted by Crippen LogP contribution is 2.35. The van der Waals surface area contributed by atoms with Gasteiger partial charge in [-0.25, -0.2) is 0 Å². The lowest BCUT2D eigenvalue weighted by Crippen LogP contribution is -2.37. The van der Waals surface area contributed by atoms with Gasteiger partial charge in [-0.2, -0.15) is 0 Å². The van der Waals surface area contributed by atoms with E-state index in [-0.39, 0.29) is 24.3 Å². The molecule has 2 atom stereocenters. The summed E-state index contributed by atoms with van der Waals surface area (Å²) in [6, 6.07) is 5.42. The zero-order chi connectivity index (χ0) is 14.7. The van der Waals surface area contributed by atoms with E-state index < -0.39 is 5.97 Å². The van der Waals surface area contributed by atoms with Gasteiger partial charge in [0, 0.05) is 22.5 Å². The molecule has 0 spiro atoms. The first-order valence-electron chi connectivity index (χ1n) is 6.42. The molecule has 0 aliphatic carbocycles.